The minimum absolute atomic E-state index is 0.626. The zero-order chi connectivity index (χ0) is 10.8. The zero-order valence-electron chi connectivity index (χ0n) is 8.53. The minimum atomic E-state index is -0.626. The number of hydrogen-bond donors (Lipinski definition) is 1. The smallest absolute Gasteiger partial charge is 0.136 e. The van der Waals surface area contributed by atoms with Crippen LogP contribution in [0.15, 0.2) is 34.5 Å². The lowest BCUT2D eigenvalue weighted by atomic mass is 10.1. The van der Waals surface area contributed by atoms with E-state index in [4.69, 9.17) is 4.74 Å². The number of aliphatic hydroxyl groups excluding tert-OH is 1. The van der Waals surface area contributed by atoms with Crippen molar-refractivity contribution in [1.82, 2.24) is 0 Å². The average Bonchev–Trinajstić information content (AvgIpc) is 2.74. The molecule has 3 heteroatoms. The van der Waals surface area contributed by atoms with Crippen molar-refractivity contribution >= 4 is 15.9 Å². The first kappa shape index (κ1) is 10.7. The van der Waals surface area contributed by atoms with Gasteiger partial charge < -0.3 is 9.84 Å². The Kier molecular flexibility index (Phi) is 3.12. The lowest BCUT2D eigenvalue weighted by molar-refractivity contribution is 0.119. The summed E-state index contributed by atoms with van der Waals surface area (Å²) in [5.74, 6) is 0.678. The zero-order valence-corrected chi connectivity index (χ0v) is 10.1. The molecule has 0 bridgehead atoms. The van der Waals surface area contributed by atoms with Crippen molar-refractivity contribution < 1.29 is 9.84 Å². The number of benzene rings is 1. The fourth-order valence-electron chi connectivity index (χ4n) is 1.63. The molecule has 1 heterocycles. The maximum atomic E-state index is 10.0. The topological polar surface area (TPSA) is 29.5 Å². The van der Waals surface area contributed by atoms with Crippen LogP contribution < -0.4 is 0 Å². The molecule has 0 saturated heterocycles. The van der Waals surface area contributed by atoms with Crippen molar-refractivity contribution in [3.8, 4) is 0 Å². The molecule has 0 aromatic heterocycles. The molecule has 0 aliphatic carbocycles. The molecule has 1 aliphatic rings. The third-order valence-corrected chi connectivity index (χ3v) is 3.39. The summed E-state index contributed by atoms with van der Waals surface area (Å²) in [5.41, 5.74) is 1.99. The standard InChI is InChI=1S/C12H13BrO2/c1-8-7-9(4-5-10(8)13)12(14)11-3-2-6-15-11/h3-5,7,12,14H,2,6H2,1H3. The van der Waals surface area contributed by atoms with E-state index in [1.54, 1.807) is 0 Å². The summed E-state index contributed by atoms with van der Waals surface area (Å²) in [5, 5.41) is 10.0. The van der Waals surface area contributed by atoms with E-state index < -0.39 is 6.10 Å². The summed E-state index contributed by atoms with van der Waals surface area (Å²) in [6.07, 6.45) is 2.21. The summed E-state index contributed by atoms with van der Waals surface area (Å²) >= 11 is 3.43. The van der Waals surface area contributed by atoms with Gasteiger partial charge in [0.15, 0.2) is 0 Å². The van der Waals surface area contributed by atoms with Gasteiger partial charge in [0.1, 0.15) is 11.9 Å². The van der Waals surface area contributed by atoms with Crippen molar-refractivity contribution in [3.63, 3.8) is 0 Å². The molecule has 0 amide bonds. The lowest BCUT2D eigenvalue weighted by Crippen LogP contribution is -2.02. The second-order valence-electron chi connectivity index (χ2n) is 3.65. The Morgan fingerprint density at radius 3 is 2.87 bits per heavy atom. The third-order valence-electron chi connectivity index (χ3n) is 2.50. The highest BCUT2D eigenvalue weighted by atomic mass is 79.9. The van der Waals surface area contributed by atoms with Gasteiger partial charge in [-0.05, 0) is 30.2 Å². The Labute approximate surface area is 97.7 Å². The molecule has 1 aromatic rings. The van der Waals surface area contributed by atoms with Crippen LogP contribution in [0.2, 0.25) is 0 Å². The summed E-state index contributed by atoms with van der Waals surface area (Å²) in [7, 11) is 0. The van der Waals surface area contributed by atoms with Crippen LogP contribution >= 0.6 is 15.9 Å². The van der Waals surface area contributed by atoms with E-state index in [1.807, 2.05) is 31.2 Å². The molecule has 15 heavy (non-hydrogen) atoms. The predicted molar refractivity (Wildman–Crippen MR) is 62.5 cm³/mol. The van der Waals surface area contributed by atoms with Crippen LogP contribution in [-0.2, 0) is 4.74 Å². The van der Waals surface area contributed by atoms with E-state index in [9.17, 15) is 5.11 Å². The summed E-state index contributed by atoms with van der Waals surface area (Å²) in [4.78, 5) is 0. The first-order valence-corrected chi connectivity index (χ1v) is 5.75. The number of aryl methyl sites for hydroxylation is 1. The van der Waals surface area contributed by atoms with E-state index in [1.165, 1.54) is 0 Å². The Balaban J connectivity index is 2.25. The molecular formula is C12H13BrO2. The number of hydrogen-bond acceptors (Lipinski definition) is 2. The minimum Gasteiger partial charge on any atom is -0.495 e. The van der Waals surface area contributed by atoms with Crippen LogP contribution in [0.25, 0.3) is 0 Å². The highest BCUT2D eigenvalue weighted by Crippen LogP contribution is 2.28. The molecule has 0 radical (unpaired) electrons. The third kappa shape index (κ3) is 2.24. The van der Waals surface area contributed by atoms with Crippen LogP contribution in [0.3, 0.4) is 0 Å². The van der Waals surface area contributed by atoms with E-state index in [-0.39, 0.29) is 0 Å². The Morgan fingerprint density at radius 1 is 1.47 bits per heavy atom. The molecule has 2 rings (SSSR count). The normalized spacial score (nSPS) is 17.1. The quantitative estimate of drug-likeness (QED) is 0.894. The number of aliphatic hydroxyl groups is 1. The van der Waals surface area contributed by atoms with Crippen LogP contribution in [0.1, 0.15) is 23.7 Å². The van der Waals surface area contributed by atoms with Gasteiger partial charge in [-0.25, -0.2) is 0 Å². The summed E-state index contributed by atoms with van der Waals surface area (Å²) in [6, 6.07) is 5.82. The van der Waals surface area contributed by atoms with Crippen LogP contribution in [0, 0.1) is 6.92 Å². The van der Waals surface area contributed by atoms with Crippen molar-refractivity contribution in [2.24, 2.45) is 0 Å². The first-order valence-electron chi connectivity index (χ1n) is 4.95. The van der Waals surface area contributed by atoms with Gasteiger partial charge in [-0.15, -0.1) is 0 Å². The van der Waals surface area contributed by atoms with E-state index in [0.717, 1.165) is 22.0 Å². The highest BCUT2D eigenvalue weighted by Gasteiger charge is 2.18. The molecular weight excluding hydrogens is 256 g/mol. The number of rotatable bonds is 2. The van der Waals surface area contributed by atoms with Crippen LogP contribution in [0.4, 0.5) is 0 Å². The summed E-state index contributed by atoms with van der Waals surface area (Å²) < 4.78 is 6.39. The second-order valence-corrected chi connectivity index (χ2v) is 4.51. The first-order chi connectivity index (χ1) is 7.18. The molecule has 1 unspecified atom stereocenters. The van der Waals surface area contributed by atoms with Gasteiger partial charge in [-0.2, -0.15) is 0 Å². The van der Waals surface area contributed by atoms with Gasteiger partial charge in [0, 0.05) is 10.9 Å². The van der Waals surface area contributed by atoms with Crippen molar-refractivity contribution in [2.45, 2.75) is 19.4 Å². The Morgan fingerprint density at radius 2 is 2.27 bits per heavy atom. The maximum Gasteiger partial charge on any atom is 0.136 e. The molecule has 0 fully saturated rings. The highest BCUT2D eigenvalue weighted by molar-refractivity contribution is 9.10. The molecule has 1 aromatic carbocycles. The molecule has 1 atom stereocenters. The monoisotopic (exact) mass is 268 g/mol. The van der Waals surface area contributed by atoms with Gasteiger partial charge in [-0.3, -0.25) is 0 Å². The SMILES string of the molecule is Cc1cc(C(O)C2=CCCO2)ccc1Br. The number of halogens is 1. The fourth-order valence-corrected chi connectivity index (χ4v) is 1.88. The average molecular weight is 269 g/mol. The van der Waals surface area contributed by atoms with Gasteiger partial charge in [0.05, 0.1) is 6.61 Å². The van der Waals surface area contributed by atoms with Crippen LogP contribution in [-0.4, -0.2) is 11.7 Å². The molecule has 80 valence electrons. The lowest BCUT2D eigenvalue weighted by Gasteiger charge is -2.13. The molecule has 0 saturated carbocycles. The summed E-state index contributed by atoms with van der Waals surface area (Å²) in [6.45, 7) is 2.69. The molecule has 1 aliphatic heterocycles. The Bertz CT molecular complexity index is 399. The van der Waals surface area contributed by atoms with E-state index >= 15 is 0 Å². The van der Waals surface area contributed by atoms with Crippen molar-refractivity contribution in [3.05, 3.63) is 45.6 Å². The van der Waals surface area contributed by atoms with Gasteiger partial charge in [0.2, 0.25) is 0 Å². The van der Waals surface area contributed by atoms with Gasteiger partial charge in [0.25, 0.3) is 0 Å². The Hall–Kier alpha value is -0.800. The van der Waals surface area contributed by atoms with Gasteiger partial charge >= 0.3 is 0 Å². The fraction of sp³-hybridized carbons (Fsp3) is 0.333. The molecule has 2 nitrogen and oxygen atoms in total. The number of ether oxygens (including phenoxy) is 1. The second kappa shape index (κ2) is 4.37. The van der Waals surface area contributed by atoms with E-state index in [2.05, 4.69) is 15.9 Å². The molecule has 1 N–H and O–H groups in total. The largest absolute Gasteiger partial charge is 0.495 e. The van der Waals surface area contributed by atoms with Crippen LogP contribution in [0.5, 0.6) is 0 Å². The van der Waals surface area contributed by atoms with E-state index in [0.29, 0.717) is 12.4 Å². The predicted octanol–water partition coefficient (Wildman–Crippen LogP) is 3.10. The maximum absolute atomic E-state index is 10.0. The molecule has 0 spiro atoms. The van der Waals surface area contributed by atoms with Gasteiger partial charge in [-0.1, -0.05) is 28.1 Å². The van der Waals surface area contributed by atoms with Crippen molar-refractivity contribution in [1.29, 1.82) is 0 Å². The van der Waals surface area contributed by atoms with Crippen molar-refractivity contribution in [2.75, 3.05) is 6.61 Å².